The Morgan fingerprint density at radius 2 is 2.06 bits per heavy atom. The number of aryl methyl sites for hydroxylation is 1. The molecule has 2 rings (SSSR count). The molecule has 0 spiro atoms. The molecule has 1 heterocycles. The lowest BCUT2D eigenvalue weighted by Crippen LogP contribution is -1.96. The van der Waals surface area contributed by atoms with E-state index in [9.17, 15) is 0 Å². The van der Waals surface area contributed by atoms with Crippen molar-refractivity contribution >= 4 is 48.9 Å². The van der Waals surface area contributed by atoms with Crippen molar-refractivity contribution in [2.45, 2.75) is 13.5 Å². The van der Waals surface area contributed by atoms with Gasteiger partial charge in [0.15, 0.2) is 0 Å². The predicted octanol–water partition coefficient (Wildman–Crippen LogP) is 5.19. The molecule has 0 bridgehead atoms. The first-order valence-corrected chi connectivity index (χ1v) is 7.29. The predicted molar refractivity (Wildman–Crippen MR) is 78.2 cm³/mol. The van der Waals surface area contributed by atoms with Crippen molar-refractivity contribution in [1.29, 1.82) is 0 Å². The van der Waals surface area contributed by atoms with Gasteiger partial charge in [0, 0.05) is 30.9 Å². The fourth-order valence-corrected chi connectivity index (χ4v) is 3.33. The van der Waals surface area contributed by atoms with E-state index in [1.54, 1.807) is 0 Å². The summed E-state index contributed by atoms with van der Waals surface area (Å²) in [5.41, 5.74) is 1.14. The summed E-state index contributed by atoms with van der Waals surface area (Å²) in [4.78, 5) is 2.66. The van der Waals surface area contributed by atoms with Gasteiger partial charge >= 0.3 is 0 Å². The van der Waals surface area contributed by atoms with Crippen molar-refractivity contribution in [2.24, 2.45) is 0 Å². The van der Waals surface area contributed by atoms with E-state index in [-0.39, 0.29) is 0 Å². The third kappa shape index (κ3) is 3.09. The third-order valence-corrected chi connectivity index (χ3v) is 4.83. The van der Waals surface area contributed by atoms with Gasteiger partial charge in [-0.1, -0.05) is 22.0 Å². The van der Waals surface area contributed by atoms with Gasteiger partial charge in [-0.15, -0.1) is 11.3 Å². The number of anilines is 1. The van der Waals surface area contributed by atoms with E-state index in [4.69, 9.17) is 0 Å². The first-order valence-electron chi connectivity index (χ1n) is 4.89. The molecular weight excluding hydrogens is 350 g/mol. The van der Waals surface area contributed by atoms with E-state index in [1.807, 2.05) is 23.5 Å². The summed E-state index contributed by atoms with van der Waals surface area (Å²) in [6, 6.07) is 10.4. The fraction of sp³-hybridized carbons (Fsp3) is 0.167. The topological polar surface area (TPSA) is 12.0 Å². The van der Waals surface area contributed by atoms with Crippen LogP contribution in [0.2, 0.25) is 0 Å². The van der Waals surface area contributed by atoms with E-state index in [0.29, 0.717) is 0 Å². The second-order valence-electron chi connectivity index (χ2n) is 3.48. The Labute approximate surface area is 116 Å². The summed E-state index contributed by atoms with van der Waals surface area (Å²) in [6.07, 6.45) is 0. The summed E-state index contributed by atoms with van der Waals surface area (Å²) in [5.74, 6) is 0. The summed E-state index contributed by atoms with van der Waals surface area (Å²) in [7, 11) is 0. The van der Waals surface area contributed by atoms with Crippen LogP contribution in [-0.2, 0) is 6.54 Å². The number of hydrogen-bond donors (Lipinski definition) is 1. The monoisotopic (exact) mass is 359 g/mol. The molecule has 0 radical (unpaired) electrons. The number of benzene rings is 1. The van der Waals surface area contributed by atoms with Gasteiger partial charge in [0.05, 0.1) is 0 Å². The Morgan fingerprint density at radius 1 is 1.25 bits per heavy atom. The highest BCUT2D eigenvalue weighted by atomic mass is 79.9. The van der Waals surface area contributed by atoms with Gasteiger partial charge in [0.1, 0.15) is 0 Å². The van der Waals surface area contributed by atoms with Crippen LogP contribution in [-0.4, -0.2) is 0 Å². The molecule has 0 saturated heterocycles. The second-order valence-corrected chi connectivity index (χ2v) is 6.59. The maximum atomic E-state index is 3.53. The Hall–Kier alpha value is -0.320. The van der Waals surface area contributed by atoms with Crippen LogP contribution in [0.3, 0.4) is 0 Å². The number of nitrogens with one attached hydrogen (secondary N) is 1. The molecule has 0 aliphatic heterocycles. The van der Waals surface area contributed by atoms with Gasteiger partial charge < -0.3 is 5.32 Å². The molecule has 0 aliphatic rings. The molecule has 84 valence electrons. The van der Waals surface area contributed by atoms with Gasteiger partial charge in [0.25, 0.3) is 0 Å². The zero-order valence-corrected chi connectivity index (χ0v) is 12.7. The highest BCUT2D eigenvalue weighted by molar-refractivity contribution is 9.10. The van der Waals surface area contributed by atoms with Gasteiger partial charge in [-0.25, -0.2) is 0 Å². The Bertz CT molecular complexity index is 474. The van der Waals surface area contributed by atoms with Crippen LogP contribution in [0.15, 0.2) is 39.3 Å². The first-order chi connectivity index (χ1) is 7.65. The summed E-state index contributed by atoms with van der Waals surface area (Å²) in [6.45, 7) is 2.99. The number of halogens is 2. The van der Waals surface area contributed by atoms with Crippen molar-refractivity contribution in [3.63, 3.8) is 0 Å². The highest BCUT2D eigenvalue weighted by Gasteiger charge is 2.02. The number of thiophene rings is 1. The van der Waals surface area contributed by atoms with Crippen LogP contribution in [0, 0.1) is 6.92 Å². The summed E-state index contributed by atoms with van der Waals surface area (Å²) in [5, 5.41) is 3.40. The van der Waals surface area contributed by atoms with E-state index in [2.05, 4.69) is 62.3 Å². The Morgan fingerprint density at radius 3 is 2.69 bits per heavy atom. The van der Waals surface area contributed by atoms with Crippen LogP contribution in [0.4, 0.5) is 5.69 Å². The molecule has 2 aromatic rings. The van der Waals surface area contributed by atoms with Crippen molar-refractivity contribution < 1.29 is 0 Å². The molecule has 0 amide bonds. The molecule has 0 atom stereocenters. The van der Waals surface area contributed by atoms with Gasteiger partial charge in [-0.2, -0.15) is 0 Å². The molecule has 0 unspecified atom stereocenters. The molecule has 1 aromatic carbocycles. The van der Waals surface area contributed by atoms with Crippen molar-refractivity contribution in [2.75, 3.05) is 5.32 Å². The van der Waals surface area contributed by atoms with E-state index in [1.165, 1.54) is 14.2 Å². The molecule has 1 N–H and O–H groups in total. The minimum absolute atomic E-state index is 0.869. The normalized spacial score (nSPS) is 10.4. The smallest absolute Gasteiger partial charge is 0.0494 e. The molecular formula is C12H11Br2NS. The molecule has 1 nitrogen and oxygen atoms in total. The lowest BCUT2D eigenvalue weighted by molar-refractivity contribution is 1.19. The molecule has 1 aromatic heterocycles. The molecule has 4 heteroatoms. The maximum absolute atomic E-state index is 3.53. The minimum Gasteiger partial charge on any atom is -0.380 e. The van der Waals surface area contributed by atoms with E-state index >= 15 is 0 Å². The van der Waals surface area contributed by atoms with Gasteiger partial charge in [-0.3, -0.25) is 0 Å². The summed E-state index contributed by atoms with van der Waals surface area (Å²) < 4.78 is 2.30. The standard InChI is InChI=1S/C12H11Br2NS/c1-8-12(14)6-11(16-8)7-15-10-4-2-3-9(13)5-10/h2-6,15H,7H2,1H3. The first kappa shape index (κ1) is 12.1. The molecule has 0 fully saturated rings. The van der Waals surface area contributed by atoms with Gasteiger partial charge in [-0.05, 0) is 47.1 Å². The van der Waals surface area contributed by atoms with Crippen LogP contribution in [0.1, 0.15) is 9.75 Å². The zero-order chi connectivity index (χ0) is 11.5. The third-order valence-electron chi connectivity index (χ3n) is 2.20. The second kappa shape index (κ2) is 5.34. The average Bonchev–Trinajstić information content (AvgIpc) is 2.56. The largest absolute Gasteiger partial charge is 0.380 e. The van der Waals surface area contributed by atoms with Gasteiger partial charge in [0.2, 0.25) is 0 Å². The van der Waals surface area contributed by atoms with Crippen LogP contribution >= 0.6 is 43.2 Å². The number of hydrogen-bond acceptors (Lipinski definition) is 2. The van der Waals surface area contributed by atoms with Crippen LogP contribution in [0.25, 0.3) is 0 Å². The van der Waals surface area contributed by atoms with Crippen molar-refractivity contribution in [3.8, 4) is 0 Å². The Balaban J connectivity index is 2.02. The lowest BCUT2D eigenvalue weighted by atomic mass is 10.3. The molecule has 16 heavy (non-hydrogen) atoms. The molecule has 0 saturated carbocycles. The van der Waals surface area contributed by atoms with Crippen LogP contribution in [0.5, 0.6) is 0 Å². The van der Waals surface area contributed by atoms with Crippen LogP contribution < -0.4 is 5.32 Å². The molecule has 0 aliphatic carbocycles. The summed E-state index contributed by atoms with van der Waals surface area (Å²) >= 11 is 8.80. The van der Waals surface area contributed by atoms with E-state index in [0.717, 1.165) is 16.7 Å². The SMILES string of the molecule is Cc1sc(CNc2cccc(Br)c2)cc1Br. The highest BCUT2D eigenvalue weighted by Crippen LogP contribution is 2.27. The van der Waals surface area contributed by atoms with Crippen molar-refractivity contribution in [1.82, 2.24) is 0 Å². The van der Waals surface area contributed by atoms with E-state index < -0.39 is 0 Å². The van der Waals surface area contributed by atoms with Crippen molar-refractivity contribution in [3.05, 3.63) is 49.0 Å². The maximum Gasteiger partial charge on any atom is 0.0494 e. The quantitative estimate of drug-likeness (QED) is 0.793. The minimum atomic E-state index is 0.869. The Kier molecular flexibility index (Phi) is 4.05. The lowest BCUT2D eigenvalue weighted by Gasteiger charge is -2.04. The zero-order valence-electron chi connectivity index (χ0n) is 8.76. The number of rotatable bonds is 3. The fourth-order valence-electron chi connectivity index (χ4n) is 1.39. The average molecular weight is 361 g/mol.